The molecule has 3 rings (SSSR count). The Kier molecular flexibility index (Phi) is 3.62. The van der Waals surface area contributed by atoms with E-state index in [9.17, 15) is 0 Å². The number of aryl methyl sites for hydroxylation is 1. The summed E-state index contributed by atoms with van der Waals surface area (Å²) in [4.78, 5) is 8.96. The molecule has 3 nitrogen and oxygen atoms in total. The molecule has 2 heterocycles. The highest BCUT2D eigenvalue weighted by Crippen LogP contribution is 2.35. The second-order valence-electron chi connectivity index (χ2n) is 4.41. The highest BCUT2D eigenvalue weighted by molar-refractivity contribution is 14.1. The van der Waals surface area contributed by atoms with Gasteiger partial charge in [0.1, 0.15) is 10.9 Å². The molecule has 0 saturated heterocycles. The predicted octanol–water partition coefficient (Wildman–Crippen LogP) is 3.97. The molecular weight excluding hydrogens is 375 g/mol. The zero-order chi connectivity index (χ0) is 13.4. The van der Waals surface area contributed by atoms with Crippen molar-refractivity contribution in [1.82, 2.24) is 9.97 Å². The fourth-order valence-electron chi connectivity index (χ4n) is 2.19. The van der Waals surface area contributed by atoms with Crippen molar-refractivity contribution in [3.63, 3.8) is 0 Å². The third-order valence-corrected chi connectivity index (χ3v) is 4.89. The van der Waals surface area contributed by atoms with Crippen molar-refractivity contribution in [2.45, 2.75) is 25.9 Å². The lowest BCUT2D eigenvalue weighted by Crippen LogP contribution is -2.11. The Morgan fingerprint density at radius 2 is 2.16 bits per heavy atom. The van der Waals surface area contributed by atoms with Gasteiger partial charge < -0.3 is 4.74 Å². The van der Waals surface area contributed by atoms with E-state index in [1.54, 1.807) is 0 Å². The van der Waals surface area contributed by atoms with E-state index in [0.29, 0.717) is 11.0 Å². The van der Waals surface area contributed by atoms with E-state index in [2.05, 4.69) is 45.5 Å². The minimum absolute atomic E-state index is 0.128. The quantitative estimate of drug-likeness (QED) is 0.578. The van der Waals surface area contributed by atoms with Crippen LogP contribution in [0, 0.1) is 3.57 Å². The first-order valence-corrected chi connectivity index (χ1v) is 7.61. The Balaban J connectivity index is 1.95. The lowest BCUT2D eigenvalue weighted by molar-refractivity contribution is 0.227. The third kappa shape index (κ3) is 2.43. The molecule has 2 aromatic rings. The molecule has 0 spiro atoms. The van der Waals surface area contributed by atoms with Crippen molar-refractivity contribution < 1.29 is 4.74 Å². The third-order valence-electron chi connectivity index (χ3n) is 3.17. The molecule has 0 saturated carbocycles. The number of nitrogens with zero attached hydrogens (tertiary/aromatic N) is 2. The molecular formula is C14H12ClIN2O. The van der Waals surface area contributed by atoms with Crippen LogP contribution in [-0.2, 0) is 12.8 Å². The van der Waals surface area contributed by atoms with Gasteiger partial charge in [-0.25, -0.2) is 9.97 Å². The van der Waals surface area contributed by atoms with Gasteiger partial charge in [0, 0.05) is 6.42 Å². The maximum absolute atomic E-state index is 6.17. The van der Waals surface area contributed by atoms with Crippen LogP contribution in [0.15, 0.2) is 24.3 Å². The summed E-state index contributed by atoms with van der Waals surface area (Å²) in [7, 11) is 0. The predicted molar refractivity (Wildman–Crippen MR) is 82.7 cm³/mol. The van der Waals surface area contributed by atoms with E-state index >= 15 is 0 Å². The molecule has 0 radical (unpaired) electrons. The molecule has 1 aliphatic heterocycles. The topological polar surface area (TPSA) is 35.0 Å². The van der Waals surface area contributed by atoms with E-state index in [1.165, 1.54) is 5.56 Å². The molecule has 5 heteroatoms. The van der Waals surface area contributed by atoms with Crippen LogP contribution >= 0.6 is 34.2 Å². The van der Waals surface area contributed by atoms with Crippen molar-refractivity contribution in [3.05, 3.63) is 50.1 Å². The molecule has 0 fully saturated rings. The van der Waals surface area contributed by atoms with E-state index in [1.807, 2.05) is 18.2 Å². The highest BCUT2D eigenvalue weighted by atomic mass is 127. The summed E-state index contributed by atoms with van der Waals surface area (Å²) < 4.78 is 6.83. The minimum atomic E-state index is -0.128. The average Bonchev–Trinajstić information content (AvgIpc) is 2.85. The van der Waals surface area contributed by atoms with Crippen molar-refractivity contribution >= 4 is 34.2 Å². The fourth-order valence-corrected chi connectivity index (χ4v) is 3.00. The molecule has 0 amide bonds. The molecule has 1 aromatic carbocycles. The normalized spacial score (nSPS) is 17.1. The number of rotatable bonds is 2. The summed E-state index contributed by atoms with van der Waals surface area (Å²) in [5.41, 5.74) is 2.18. The van der Waals surface area contributed by atoms with Gasteiger partial charge in [-0.15, -0.1) is 0 Å². The molecule has 0 bridgehead atoms. The van der Waals surface area contributed by atoms with Crippen molar-refractivity contribution in [3.8, 4) is 5.75 Å². The molecule has 0 N–H and O–H groups in total. The Hall–Kier alpha value is -0.880. The minimum Gasteiger partial charge on any atom is -0.482 e. The van der Waals surface area contributed by atoms with Gasteiger partial charge in [0.15, 0.2) is 11.9 Å². The fraction of sp³-hybridized carbons (Fsp3) is 0.286. The molecule has 1 atom stereocenters. The number of fused-ring (bicyclic) bond motifs is 1. The summed E-state index contributed by atoms with van der Waals surface area (Å²) in [6.07, 6.45) is 1.51. The van der Waals surface area contributed by atoms with Gasteiger partial charge in [-0.1, -0.05) is 36.7 Å². The number of hydrogen-bond donors (Lipinski definition) is 0. The van der Waals surface area contributed by atoms with Crippen LogP contribution in [0.3, 0.4) is 0 Å². The van der Waals surface area contributed by atoms with Gasteiger partial charge in [-0.3, -0.25) is 0 Å². The van der Waals surface area contributed by atoms with Gasteiger partial charge in [0.05, 0.1) is 9.26 Å². The van der Waals surface area contributed by atoms with Gasteiger partial charge in [-0.05, 0) is 40.6 Å². The first kappa shape index (κ1) is 13.1. The number of benzene rings is 1. The molecule has 1 aromatic heterocycles. The Labute approximate surface area is 130 Å². The van der Waals surface area contributed by atoms with E-state index < -0.39 is 0 Å². The van der Waals surface area contributed by atoms with Crippen LogP contribution < -0.4 is 4.74 Å². The summed E-state index contributed by atoms with van der Waals surface area (Å²) in [6.45, 7) is 2.06. The van der Waals surface area contributed by atoms with Crippen molar-refractivity contribution in [2.75, 3.05) is 0 Å². The second kappa shape index (κ2) is 5.25. The maximum Gasteiger partial charge on any atom is 0.171 e. The smallest absolute Gasteiger partial charge is 0.171 e. The lowest BCUT2D eigenvalue weighted by Gasteiger charge is -2.12. The summed E-state index contributed by atoms with van der Waals surface area (Å²) in [5.74, 6) is 1.60. The van der Waals surface area contributed by atoms with Crippen LogP contribution in [0.4, 0.5) is 0 Å². The molecule has 19 heavy (non-hydrogen) atoms. The largest absolute Gasteiger partial charge is 0.482 e. The van der Waals surface area contributed by atoms with E-state index in [0.717, 1.165) is 27.9 Å². The van der Waals surface area contributed by atoms with Crippen LogP contribution in [0.25, 0.3) is 0 Å². The number of halogens is 2. The zero-order valence-electron chi connectivity index (χ0n) is 10.4. The standard InChI is InChI=1S/C14H12ClIN2O/c1-2-9-12(16)13(15)18-14(17-9)11-7-8-5-3-4-6-10(8)19-11/h3-6,11H,2,7H2,1H3. The van der Waals surface area contributed by atoms with Crippen LogP contribution in [0.1, 0.15) is 30.1 Å². The molecule has 1 unspecified atom stereocenters. The van der Waals surface area contributed by atoms with Gasteiger partial charge in [0.2, 0.25) is 0 Å². The van der Waals surface area contributed by atoms with Crippen LogP contribution in [0.2, 0.25) is 5.15 Å². The summed E-state index contributed by atoms with van der Waals surface area (Å²) >= 11 is 8.36. The van der Waals surface area contributed by atoms with E-state index in [-0.39, 0.29) is 6.10 Å². The SMILES string of the molecule is CCc1nc(C2Cc3ccccc3O2)nc(Cl)c1I. The molecule has 0 aliphatic carbocycles. The lowest BCUT2D eigenvalue weighted by atomic mass is 10.1. The van der Waals surface area contributed by atoms with E-state index in [4.69, 9.17) is 16.3 Å². The summed E-state index contributed by atoms with van der Waals surface area (Å²) in [5, 5.41) is 0.516. The Morgan fingerprint density at radius 3 is 2.89 bits per heavy atom. The van der Waals surface area contributed by atoms with Gasteiger partial charge >= 0.3 is 0 Å². The Morgan fingerprint density at radius 1 is 1.37 bits per heavy atom. The van der Waals surface area contributed by atoms with Gasteiger partial charge in [-0.2, -0.15) is 0 Å². The number of para-hydroxylation sites is 1. The second-order valence-corrected chi connectivity index (χ2v) is 5.84. The molecule has 1 aliphatic rings. The van der Waals surface area contributed by atoms with Crippen molar-refractivity contribution in [2.24, 2.45) is 0 Å². The van der Waals surface area contributed by atoms with Crippen LogP contribution in [-0.4, -0.2) is 9.97 Å². The maximum atomic E-state index is 6.17. The monoisotopic (exact) mass is 386 g/mol. The average molecular weight is 387 g/mol. The number of ether oxygens (including phenoxy) is 1. The first-order chi connectivity index (χ1) is 9.19. The zero-order valence-corrected chi connectivity index (χ0v) is 13.3. The molecule has 98 valence electrons. The summed E-state index contributed by atoms with van der Waals surface area (Å²) in [6, 6.07) is 8.04. The highest BCUT2D eigenvalue weighted by Gasteiger charge is 2.27. The first-order valence-electron chi connectivity index (χ1n) is 6.15. The number of aromatic nitrogens is 2. The number of hydrogen-bond acceptors (Lipinski definition) is 3. The van der Waals surface area contributed by atoms with Crippen LogP contribution in [0.5, 0.6) is 5.75 Å². The van der Waals surface area contributed by atoms with Gasteiger partial charge in [0.25, 0.3) is 0 Å². The van der Waals surface area contributed by atoms with Crippen molar-refractivity contribution in [1.29, 1.82) is 0 Å². The Bertz CT molecular complexity index is 608.